The Hall–Kier alpha value is -2.99. The minimum atomic E-state index is -0.0561. The summed E-state index contributed by atoms with van der Waals surface area (Å²) in [6.07, 6.45) is 3.63. The molecule has 4 aromatic rings. The van der Waals surface area contributed by atoms with E-state index in [4.69, 9.17) is 0 Å². The normalized spacial score (nSPS) is 10.8. The van der Waals surface area contributed by atoms with Crippen molar-refractivity contribution in [2.24, 2.45) is 0 Å². The van der Waals surface area contributed by atoms with Crippen LogP contribution in [0.25, 0.3) is 16.1 Å². The van der Waals surface area contributed by atoms with E-state index in [9.17, 15) is 4.79 Å². The Kier molecular flexibility index (Phi) is 3.80. The van der Waals surface area contributed by atoms with Crippen molar-refractivity contribution < 1.29 is 4.79 Å². The van der Waals surface area contributed by atoms with Crippen LogP contribution in [0.4, 0.5) is 5.95 Å². The lowest BCUT2D eigenvalue weighted by Gasteiger charge is -2.06. The fourth-order valence-corrected chi connectivity index (χ4v) is 3.30. The van der Waals surface area contributed by atoms with Crippen molar-refractivity contribution in [2.75, 3.05) is 11.9 Å². The predicted octanol–water partition coefficient (Wildman–Crippen LogP) is 3.75. The lowest BCUT2D eigenvalue weighted by Crippen LogP contribution is -2.16. The number of carbonyl (C=O) groups excluding carboxylic acids is 1. The van der Waals surface area contributed by atoms with Crippen LogP contribution in [-0.2, 0) is 0 Å². The quantitative estimate of drug-likeness (QED) is 0.565. The first-order chi connectivity index (χ1) is 11.8. The van der Waals surface area contributed by atoms with Gasteiger partial charge < -0.3 is 5.32 Å². The summed E-state index contributed by atoms with van der Waals surface area (Å²) in [5.41, 5.74) is 2.53. The van der Waals surface area contributed by atoms with E-state index < -0.39 is 0 Å². The highest BCUT2D eigenvalue weighted by molar-refractivity contribution is 7.13. The Morgan fingerprint density at radius 1 is 1.12 bits per heavy atom. The number of nitrogens with one attached hydrogen (secondary N) is 1. The van der Waals surface area contributed by atoms with Gasteiger partial charge in [-0.3, -0.25) is 9.20 Å². The summed E-state index contributed by atoms with van der Waals surface area (Å²) in [6.45, 7) is 0.155. The summed E-state index contributed by atoms with van der Waals surface area (Å²) in [6, 6.07) is 15.7. The number of Topliss-reactive ketones (excluding diaryl/α,β-unsaturated/α-hetero) is 1. The van der Waals surface area contributed by atoms with Gasteiger partial charge in [-0.1, -0.05) is 30.3 Å². The smallest absolute Gasteiger partial charge is 0.207 e. The van der Waals surface area contributed by atoms with E-state index in [1.54, 1.807) is 11.6 Å². The molecular weight excluding hydrogens is 320 g/mol. The highest BCUT2D eigenvalue weighted by Gasteiger charge is 2.12. The highest BCUT2D eigenvalue weighted by Crippen LogP contribution is 2.23. The number of hydrogen-bond acceptors (Lipinski definition) is 5. The first kappa shape index (κ1) is 14.6. The largest absolute Gasteiger partial charge is 0.348 e. The lowest BCUT2D eigenvalue weighted by atomic mass is 10.2. The first-order valence-corrected chi connectivity index (χ1v) is 8.39. The monoisotopic (exact) mass is 334 g/mol. The molecule has 24 heavy (non-hydrogen) atoms. The number of ketones is 1. The average Bonchev–Trinajstić information content (AvgIpc) is 3.30. The van der Waals surface area contributed by atoms with Crippen molar-refractivity contribution in [3.8, 4) is 10.6 Å². The molecule has 0 aliphatic rings. The van der Waals surface area contributed by atoms with Gasteiger partial charge in [0.25, 0.3) is 0 Å². The van der Waals surface area contributed by atoms with Crippen LogP contribution in [0.15, 0.2) is 66.3 Å². The number of aromatic nitrogens is 3. The van der Waals surface area contributed by atoms with Gasteiger partial charge in [0.1, 0.15) is 10.7 Å². The summed E-state index contributed by atoms with van der Waals surface area (Å²) in [7, 11) is 0. The molecule has 0 aliphatic heterocycles. The van der Waals surface area contributed by atoms with Crippen LogP contribution in [0.5, 0.6) is 0 Å². The van der Waals surface area contributed by atoms with E-state index in [-0.39, 0.29) is 12.3 Å². The molecule has 3 heterocycles. The molecule has 1 aromatic carbocycles. The molecule has 0 amide bonds. The molecular formula is C18H14N4OS. The zero-order valence-electron chi connectivity index (χ0n) is 12.7. The Morgan fingerprint density at radius 3 is 2.88 bits per heavy atom. The molecule has 0 unspecified atom stereocenters. The van der Waals surface area contributed by atoms with Crippen molar-refractivity contribution in [3.63, 3.8) is 0 Å². The van der Waals surface area contributed by atoms with Gasteiger partial charge in [0.05, 0.1) is 6.54 Å². The van der Waals surface area contributed by atoms with E-state index in [1.165, 1.54) is 11.3 Å². The van der Waals surface area contributed by atoms with Gasteiger partial charge in [-0.2, -0.15) is 0 Å². The van der Waals surface area contributed by atoms with Crippen LogP contribution >= 0.6 is 11.3 Å². The molecule has 6 heteroatoms. The Bertz CT molecular complexity index is 990. The van der Waals surface area contributed by atoms with Crippen molar-refractivity contribution in [1.29, 1.82) is 0 Å². The molecule has 1 N–H and O–H groups in total. The highest BCUT2D eigenvalue weighted by atomic mass is 32.1. The van der Waals surface area contributed by atoms with Crippen LogP contribution in [0.2, 0.25) is 0 Å². The second-order valence-corrected chi connectivity index (χ2v) is 6.11. The van der Waals surface area contributed by atoms with Crippen LogP contribution in [0.3, 0.4) is 0 Å². The van der Waals surface area contributed by atoms with Gasteiger partial charge in [0.2, 0.25) is 11.7 Å². The van der Waals surface area contributed by atoms with Gasteiger partial charge in [0, 0.05) is 28.9 Å². The third-order valence-electron chi connectivity index (χ3n) is 3.67. The molecule has 4 rings (SSSR count). The lowest BCUT2D eigenvalue weighted by molar-refractivity contribution is 0.100. The minimum absolute atomic E-state index is 0.0561. The fourth-order valence-electron chi connectivity index (χ4n) is 2.47. The Morgan fingerprint density at radius 2 is 2.00 bits per heavy atom. The van der Waals surface area contributed by atoms with Crippen LogP contribution < -0.4 is 5.32 Å². The van der Waals surface area contributed by atoms with Crippen molar-refractivity contribution in [2.45, 2.75) is 0 Å². The van der Waals surface area contributed by atoms with Gasteiger partial charge in [-0.05, 0) is 18.2 Å². The van der Waals surface area contributed by atoms with E-state index >= 15 is 0 Å². The van der Waals surface area contributed by atoms with Crippen molar-refractivity contribution in [3.05, 3.63) is 72.0 Å². The minimum Gasteiger partial charge on any atom is -0.348 e. The number of rotatable bonds is 5. The summed E-state index contributed by atoms with van der Waals surface area (Å²) in [5, 5.41) is 5.74. The first-order valence-electron chi connectivity index (χ1n) is 7.51. The molecule has 0 aliphatic carbocycles. The van der Waals surface area contributed by atoms with Gasteiger partial charge >= 0.3 is 0 Å². The van der Waals surface area contributed by atoms with Crippen LogP contribution in [0, 0.1) is 0 Å². The van der Waals surface area contributed by atoms with E-state index in [0.29, 0.717) is 11.6 Å². The topological polar surface area (TPSA) is 59.3 Å². The number of hydrogen-bond donors (Lipinski definition) is 1. The number of anilines is 1. The van der Waals surface area contributed by atoms with Gasteiger partial charge in [-0.25, -0.2) is 9.97 Å². The van der Waals surface area contributed by atoms with Crippen molar-refractivity contribution in [1.82, 2.24) is 14.4 Å². The molecule has 3 aromatic heterocycles. The fraction of sp³-hybridized carbons (Fsp3) is 0.0556. The maximum Gasteiger partial charge on any atom is 0.207 e. The third kappa shape index (κ3) is 2.79. The third-order valence-corrected chi connectivity index (χ3v) is 4.56. The van der Waals surface area contributed by atoms with Crippen LogP contribution in [0.1, 0.15) is 10.5 Å². The van der Waals surface area contributed by atoms with E-state index in [1.807, 2.05) is 59.1 Å². The van der Waals surface area contributed by atoms with Gasteiger partial charge in [-0.15, -0.1) is 11.3 Å². The second-order valence-electron chi connectivity index (χ2n) is 5.25. The summed E-state index contributed by atoms with van der Waals surface area (Å²) in [4.78, 5) is 21.1. The van der Waals surface area contributed by atoms with E-state index in [0.717, 1.165) is 16.1 Å². The van der Waals surface area contributed by atoms with Crippen LogP contribution in [-0.4, -0.2) is 26.7 Å². The number of thiazole rings is 1. The summed E-state index contributed by atoms with van der Waals surface area (Å²) < 4.78 is 1.91. The maximum absolute atomic E-state index is 12.4. The summed E-state index contributed by atoms with van der Waals surface area (Å²) in [5.74, 6) is 0.587. The maximum atomic E-state index is 12.4. The molecule has 5 nitrogen and oxygen atoms in total. The average molecular weight is 334 g/mol. The standard InChI is InChI=1S/C18H14N4OS/c23-16(11-20-18-19-9-8-14-7-4-10-22(14)18)15-12-24-17(21-15)13-5-2-1-3-6-13/h1-10,12H,11H2,(H,19,20). The number of nitrogens with zero attached hydrogens (tertiary/aromatic N) is 3. The number of carbonyl (C=O) groups is 1. The Labute approximate surface area is 142 Å². The molecule has 118 valence electrons. The summed E-state index contributed by atoms with van der Waals surface area (Å²) >= 11 is 1.48. The molecule has 0 atom stereocenters. The predicted molar refractivity (Wildman–Crippen MR) is 95.6 cm³/mol. The molecule has 0 spiro atoms. The Balaban J connectivity index is 1.49. The van der Waals surface area contributed by atoms with Gasteiger partial charge in [0.15, 0.2) is 0 Å². The van der Waals surface area contributed by atoms with E-state index in [2.05, 4.69) is 15.3 Å². The molecule has 0 bridgehead atoms. The SMILES string of the molecule is O=C(CNc1nccc2cccn12)c1csc(-c2ccccc2)n1. The number of fused-ring (bicyclic) bond motifs is 1. The zero-order chi connectivity index (χ0) is 16.4. The van der Waals surface area contributed by atoms with Crippen molar-refractivity contribution >= 4 is 28.6 Å². The molecule has 0 saturated heterocycles. The second kappa shape index (κ2) is 6.25. The molecule has 0 saturated carbocycles. The molecule has 0 fully saturated rings. The zero-order valence-corrected chi connectivity index (χ0v) is 13.5. The molecule has 0 radical (unpaired) electrons. The number of benzene rings is 1.